The Bertz CT molecular complexity index is 746. The largest absolute Gasteiger partial charge is 0.472 e. The molecule has 5 heteroatoms. The van der Waals surface area contributed by atoms with Crippen molar-refractivity contribution in [2.24, 2.45) is 0 Å². The van der Waals surface area contributed by atoms with E-state index in [1.54, 1.807) is 12.1 Å². The van der Waals surface area contributed by atoms with Crippen molar-refractivity contribution < 1.29 is 9.13 Å². The van der Waals surface area contributed by atoms with Crippen molar-refractivity contribution >= 4 is 11.6 Å². The van der Waals surface area contributed by atoms with E-state index in [2.05, 4.69) is 11.4 Å². The molecule has 0 saturated heterocycles. The first kappa shape index (κ1) is 14.9. The first-order valence-corrected chi connectivity index (χ1v) is 8.38. The molecule has 2 heterocycles. The molecule has 1 aliphatic heterocycles. The maximum absolute atomic E-state index is 13.9. The van der Waals surface area contributed by atoms with Crippen LogP contribution >= 0.6 is 11.6 Å². The molecule has 0 bridgehead atoms. The number of hydrogen-bond donors (Lipinski definition) is 1. The summed E-state index contributed by atoms with van der Waals surface area (Å²) in [6.07, 6.45) is 3.38. The van der Waals surface area contributed by atoms with E-state index in [0.29, 0.717) is 22.4 Å². The molecule has 1 aromatic heterocycles. The summed E-state index contributed by atoms with van der Waals surface area (Å²) in [5, 5.41) is 3.72. The Hall–Kier alpha value is -1.65. The van der Waals surface area contributed by atoms with Gasteiger partial charge in [-0.15, -0.1) is 0 Å². The van der Waals surface area contributed by atoms with E-state index < -0.39 is 0 Å². The van der Waals surface area contributed by atoms with E-state index in [4.69, 9.17) is 21.3 Å². The summed E-state index contributed by atoms with van der Waals surface area (Å²) in [6, 6.07) is 6.89. The summed E-state index contributed by atoms with van der Waals surface area (Å²) in [7, 11) is 0. The number of rotatable bonds is 4. The lowest BCUT2D eigenvalue weighted by Gasteiger charge is -2.20. The maximum atomic E-state index is 13.9. The summed E-state index contributed by atoms with van der Waals surface area (Å²) in [5.41, 5.74) is 4.04. The average molecular weight is 333 g/mol. The van der Waals surface area contributed by atoms with Crippen molar-refractivity contribution in [1.82, 2.24) is 10.3 Å². The van der Waals surface area contributed by atoms with E-state index >= 15 is 0 Å². The second-order valence-corrected chi connectivity index (χ2v) is 6.65. The van der Waals surface area contributed by atoms with E-state index in [1.165, 1.54) is 30.0 Å². The van der Waals surface area contributed by atoms with Gasteiger partial charge in [-0.1, -0.05) is 17.7 Å². The van der Waals surface area contributed by atoms with Crippen molar-refractivity contribution in [2.75, 3.05) is 6.54 Å². The minimum absolute atomic E-state index is 0.169. The minimum atomic E-state index is -0.343. The number of hydrogen-bond acceptors (Lipinski definition) is 3. The molecule has 1 aromatic carbocycles. The quantitative estimate of drug-likeness (QED) is 0.919. The number of ether oxygens (including phenoxy) is 1. The van der Waals surface area contributed by atoms with Crippen LogP contribution in [0, 0.1) is 5.82 Å². The molecule has 1 N–H and O–H groups in total. The third kappa shape index (κ3) is 3.19. The van der Waals surface area contributed by atoms with E-state index in [9.17, 15) is 4.39 Å². The molecule has 0 spiro atoms. The van der Waals surface area contributed by atoms with Crippen LogP contribution in [0.4, 0.5) is 4.39 Å². The van der Waals surface area contributed by atoms with Gasteiger partial charge in [-0.25, -0.2) is 9.37 Å². The monoisotopic (exact) mass is 332 g/mol. The molecule has 0 atom stereocenters. The number of nitrogens with zero attached hydrogens (tertiary/aromatic N) is 1. The third-order valence-electron chi connectivity index (χ3n) is 4.44. The molecule has 0 amide bonds. The SMILES string of the molecule is Fc1cc(Cl)ccc1COc1nc2c(cc1C1CC1)CCNC2. The van der Waals surface area contributed by atoms with Gasteiger partial charge in [0.25, 0.3) is 0 Å². The highest BCUT2D eigenvalue weighted by Crippen LogP contribution is 2.44. The lowest BCUT2D eigenvalue weighted by atomic mass is 10.0. The fourth-order valence-corrected chi connectivity index (χ4v) is 3.14. The Morgan fingerprint density at radius 3 is 2.96 bits per heavy atom. The van der Waals surface area contributed by atoms with Crippen molar-refractivity contribution in [1.29, 1.82) is 0 Å². The van der Waals surface area contributed by atoms with Crippen LogP contribution in [-0.2, 0) is 19.6 Å². The van der Waals surface area contributed by atoms with Crippen molar-refractivity contribution in [2.45, 2.75) is 38.3 Å². The molecule has 2 aliphatic rings. The average Bonchev–Trinajstić information content (AvgIpc) is 3.38. The van der Waals surface area contributed by atoms with Gasteiger partial charge in [0, 0.05) is 22.7 Å². The molecule has 2 aromatic rings. The van der Waals surface area contributed by atoms with Gasteiger partial charge >= 0.3 is 0 Å². The summed E-state index contributed by atoms with van der Waals surface area (Å²) in [4.78, 5) is 4.70. The standard InChI is InChI=1S/C18H18ClFN2O/c19-14-4-3-13(16(20)8-14)10-23-18-15(11-1-2-11)7-12-5-6-21-9-17(12)22-18/h3-4,7-8,11,21H,1-2,5-6,9-10H2. The molecule has 1 aliphatic carbocycles. The first-order valence-electron chi connectivity index (χ1n) is 8.01. The van der Waals surface area contributed by atoms with Crippen molar-refractivity contribution in [3.05, 3.63) is 57.5 Å². The second kappa shape index (κ2) is 6.10. The van der Waals surface area contributed by atoms with Crippen LogP contribution in [0.1, 0.15) is 41.1 Å². The molecular formula is C18H18ClFN2O. The molecule has 0 unspecified atom stereocenters. The molecule has 0 radical (unpaired) electrons. The normalized spacial score (nSPS) is 17.0. The molecule has 4 rings (SSSR count). The van der Waals surface area contributed by atoms with Gasteiger partial charge in [0.2, 0.25) is 5.88 Å². The summed E-state index contributed by atoms with van der Waals surface area (Å²) in [5.74, 6) is 0.863. The van der Waals surface area contributed by atoms with Crippen LogP contribution in [0.25, 0.3) is 0 Å². The van der Waals surface area contributed by atoms with E-state index in [1.807, 2.05) is 0 Å². The maximum Gasteiger partial charge on any atom is 0.217 e. The van der Waals surface area contributed by atoms with Crippen LogP contribution in [0.5, 0.6) is 5.88 Å². The van der Waals surface area contributed by atoms with Gasteiger partial charge < -0.3 is 10.1 Å². The predicted molar refractivity (Wildman–Crippen MR) is 87.4 cm³/mol. The highest BCUT2D eigenvalue weighted by molar-refractivity contribution is 6.30. The topological polar surface area (TPSA) is 34.1 Å². The lowest BCUT2D eigenvalue weighted by Crippen LogP contribution is -2.25. The first-order chi connectivity index (χ1) is 11.2. The molecule has 3 nitrogen and oxygen atoms in total. The van der Waals surface area contributed by atoms with E-state index in [0.717, 1.165) is 25.2 Å². The van der Waals surface area contributed by atoms with Gasteiger partial charge in [-0.05, 0) is 55.5 Å². The predicted octanol–water partition coefficient (Wildman–Crippen LogP) is 3.98. The van der Waals surface area contributed by atoms with Crippen LogP contribution < -0.4 is 10.1 Å². The van der Waals surface area contributed by atoms with Crippen LogP contribution in [0.3, 0.4) is 0 Å². The number of halogens is 2. The van der Waals surface area contributed by atoms with Gasteiger partial charge in [0.05, 0.1) is 5.69 Å². The Morgan fingerprint density at radius 1 is 1.30 bits per heavy atom. The second-order valence-electron chi connectivity index (χ2n) is 6.21. The Kier molecular flexibility index (Phi) is 3.95. The summed E-state index contributed by atoms with van der Waals surface area (Å²) >= 11 is 5.79. The summed E-state index contributed by atoms with van der Waals surface area (Å²) < 4.78 is 19.8. The van der Waals surface area contributed by atoms with Crippen LogP contribution in [-0.4, -0.2) is 11.5 Å². The zero-order valence-electron chi connectivity index (χ0n) is 12.7. The highest BCUT2D eigenvalue weighted by Gasteiger charge is 2.29. The molecule has 1 saturated carbocycles. The number of pyridine rings is 1. The smallest absolute Gasteiger partial charge is 0.217 e. The zero-order chi connectivity index (χ0) is 15.8. The van der Waals surface area contributed by atoms with Gasteiger partial charge in [-0.3, -0.25) is 0 Å². The zero-order valence-corrected chi connectivity index (χ0v) is 13.5. The molecule has 1 fully saturated rings. The number of fused-ring (bicyclic) bond motifs is 1. The number of benzene rings is 1. The lowest BCUT2D eigenvalue weighted by molar-refractivity contribution is 0.283. The highest BCUT2D eigenvalue weighted by atomic mass is 35.5. The Morgan fingerprint density at radius 2 is 2.17 bits per heavy atom. The molecular weight excluding hydrogens is 315 g/mol. The minimum Gasteiger partial charge on any atom is -0.472 e. The van der Waals surface area contributed by atoms with Gasteiger partial charge in [0.1, 0.15) is 12.4 Å². The van der Waals surface area contributed by atoms with Gasteiger partial charge in [-0.2, -0.15) is 0 Å². The summed E-state index contributed by atoms with van der Waals surface area (Å²) in [6.45, 7) is 1.93. The number of nitrogens with one attached hydrogen (secondary N) is 1. The van der Waals surface area contributed by atoms with Gasteiger partial charge in [0.15, 0.2) is 0 Å². The van der Waals surface area contributed by atoms with Crippen molar-refractivity contribution in [3.63, 3.8) is 0 Å². The Labute approximate surface area is 139 Å². The fourth-order valence-electron chi connectivity index (χ4n) is 2.98. The van der Waals surface area contributed by atoms with E-state index in [-0.39, 0.29) is 12.4 Å². The van der Waals surface area contributed by atoms with Crippen LogP contribution in [0.2, 0.25) is 5.02 Å². The molecule has 120 valence electrons. The Balaban J connectivity index is 1.60. The van der Waals surface area contributed by atoms with Crippen LogP contribution in [0.15, 0.2) is 24.3 Å². The third-order valence-corrected chi connectivity index (χ3v) is 4.68. The fraction of sp³-hybridized carbons (Fsp3) is 0.389. The number of aromatic nitrogens is 1. The van der Waals surface area contributed by atoms with Crippen molar-refractivity contribution in [3.8, 4) is 5.88 Å². The molecule has 23 heavy (non-hydrogen) atoms.